The molecule has 1 rings (SSSR count). The van der Waals surface area contributed by atoms with E-state index in [1.807, 2.05) is 6.07 Å². The minimum Gasteiger partial charge on any atom is -0.316 e. The van der Waals surface area contributed by atoms with Crippen LogP contribution in [-0.4, -0.2) is 13.1 Å². The highest BCUT2D eigenvalue weighted by Crippen LogP contribution is 2.33. The van der Waals surface area contributed by atoms with Crippen molar-refractivity contribution in [3.63, 3.8) is 0 Å². The van der Waals surface area contributed by atoms with Gasteiger partial charge in [-0.15, -0.1) is 0 Å². The zero-order valence-corrected chi connectivity index (χ0v) is 14.0. The van der Waals surface area contributed by atoms with Gasteiger partial charge in [0.15, 0.2) is 0 Å². The highest BCUT2D eigenvalue weighted by molar-refractivity contribution is 9.10. The molecular formula is C16H25BrFN. The molecular weight excluding hydrogens is 305 g/mol. The number of halogens is 2. The van der Waals surface area contributed by atoms with Gasteiger partial charge in [-0.3, -0.25) is 0 Å². The molecule has 0 bridgehead atoms. The summed E-state index contributed by atoms with van der Waals surface area (Å²) in [7, 11) is 0. The lowest BCUT2D eigenvalue weighted by molar-refractivity contribution is 0.207. The normalized spacial score (nSPS) is 14.7. The Bertz CT molecular complexity index is 406. The van der Waals surface area contributed by atoms with Crippen LogP contribution in [0.15, 0.2) is 22.7 Å². The second kappa shape index (κ2) is 7.39. The monoisotopic (exact) mass is 329 g/mol. The number of nitrogens with one attached hydrogen (secondary N) is 1. The first kappa shape index (κ1) is 16.6. The van der Waals surface area contributed by atoms with Gasteiger partial charge in [-0.25, -0.2) is 4.39 Å². The lowest BCUT2D eigenvalue weighted by Gasteiger charge is -2.35. The molecule has 0 heterocycles. The number of rotatable bonds is 7. The molecule has 0 fully saturated rings. The highest BCUT2D eigenvalue weighted by Gasteiger charge is 2.28. The second-order valence-electron chi connectivity index (χ2n) is 5.90. The first-order valence-corrected chi connectivity index (χ1v) is 7.83. The molecule has 1 nitrogen and oxygen atoms in total. The molecule has 0 radical (unpaired) electrons. The molecule has 1 atom stereocenters. The summed E-state index contributed by atoms with van der Waals surface area (Å²) in [6.45, 7) is 11.0. The van der Waals surface area contributed by atoms with Gasteiger partial charge in [-0.2, -0.15) is 0 Å². The van der Waals surface area contributed by atoms with Gasteiger partial charge in [0, 0.05) is 11.0 Å². The largest absolute Gasteiger partial charge is 0.316 e. The van der Waals surface area contributed by atoms with Gasteiger partial charge in [-0.1, -0.05) is 49.7 Å². The Morgan fingerprint density at radius 2 is 2.05 bits per heavy atom. The van der Waals surface area contributed by atoms with Crippen LogP contribution in [0.5, 0.6) is 0 Å². The van der Waals surface area contributed by atoms with Crippen LogP contribution in [0, 0.1) is 17.2 Å². The molecule has 0 spiro atoms. The van der Waals surface area contributed by atoms with Crippen molar-refractivity contribution in [1.29, 1.82) is 0 Å². The van der Waals surface area contributed by atoms with Crippen molar-refractivity contribution >= 4 is 15.9 Å². The van der Waals surface area contributed by atoms with Gasteiger partial charge >= 0.3 is 0 Å². The molecule has 1 aromatic rings. The lowest BCUT2D eigenvalue weighted by Crippen LogP contribution is -2.38. The van der Waals surface area contributed by atoms with Crippen molar-refractivity contribution < 1.29 is 4.39 Å². The lowest BCUT2D eigenvalue weighted by atomic mass is 9.74. The van der Waals surface area contributed by atoms with Crippen LogP contribution >= 0.6 is 15.9 Å². The highest BCUT2D eigenvalue weighted by atomic mass is 79.9. The Labute approximate surface area is 125 Å². The van der Waals surface area contributed by atoms with E-state index in [9.17, 15) is 4.39 Å². The van der Waals surface area contributed by atoms with Crippen molar-refractivity contribution in [2.24, 2.45) is 11.3 Å². The van der Waals surface area contributed by atoms with Crippen LogP contribution in [0.3, 0.4) is 0 Å². The van der Waals surface area contributed by atoms with Crippen LogP contribution in [-0.2, 0) is 6.42 Å². The quantitative estimate of drug-likeness (QED) is 0.709. The van der Waals surface area contributed by atoms with Gasteiger partial charge in [0.1, 0.15) is 5.82 Å². The van der Waals surface area contributed by atoms with Gasteiger partial charge < -0.3 is 5.32 Å². The summed E-state index contributed by atoms with van der Waals surface area (Å²) in [6.07, 6.45) is 2.09. The molecule has 1 unspecified atom stereocenters. The van der Waals surface area contributed by atoms with Crippen LogP contribution in [0.1, 0.15) is 39.7 Å². The Morgan fingerprint density at radius 1 is 1.37 bits per heavy atom. The van der Waals surface area contributed by atoms with E-state index in [1.165, 1.54) is 5.56 Å². The summed E-state index contributed by atoms with van der Waals surface area (Å²) >= 11 is 3.47. The van der Waals surface area contributed by atoms with E-state index in [0.717, 1.165) is 30.4 Å². The molecule has 0 saturated heterocycles. The molecule has 0 aliphatic heterocycles. The fraction of sp³-hybridized carbons (Fsp3) is 0.625. The van der Waals surface area contributed by atoms with Crippen molar-refractivity contribution in [1.82, 2.24) is 5.32 Å². The van der Waals surface area contributed by atoms with Gasteiger partial charge in [0.2, 0.25) is 0 Å². The summed E-state index contributed by atoms with van der Waals surface area (Å²) in [5, 5.41) is 3.52. The zero-order valence-electron chi connectivity index (χ0n) is 12.4. The molecule has 1 N–H and O–H groups in total. The molecule has 0 amide bonds. The van der Waals surface area contributed by atoms with Crippen molar-refractivity contribution in [2.45, 2.75) is 40.5 Å². The molecule has 1 aromatic carbocycles. The number of hydrogen-bond acceptors (Lipinski definition) is 1. The van der Waals surface area contributed by atoms with Crippen LogP contribution in [0.25, 0.3) is 0 Å². The van der Waals surface area contributed by atoms with E-state index in [-0.39, 0.29) is 11.2 Å². The standard InChI is InChI=1S/C16H25BrFN/c1-5-8-19-11-16(4,12(2)3)10-13-6-7-14(18)9-15(13)17/h6-7,9,12,19H,5,8,10-11H2,1-4H3. The summed E-state index contributed by atoms with van der Waals surface area (Å²) in [6, 6.07) is 4.98. The summed E-state index contributed by atoms with van der Waals surface area (Å²) in [4.78, 5) is 0. The van der Waals surface area contributed by atoms with Crippen LogP contribution < -0.4 is 5.32 Å². The van der Waals surface area contributed by atoms with Gasteiger partial charge in [0.05, 0.1) is 0 Å². The van der Waals surface area contributed by atoms with Crippen molar-refractivity contribution in [3.8, 4) is 0 Å². The van der Waals surface area contributed by atoms with E-state index in [2.05, 4.69) is 48.9 Å². The molecule has 0 aliphatic carbocycles. The number of benzene rings is 1. The smallest absolute Gasteiger partial charge is 0.124 e. The SMILES string of the molecule is CCCNCC(C)(Cc1ccc(F)cc1Br)C(C)C. The molecule has 3 heteroatoms. The zero-order chi connectivity index (χ0) is 14.5. The predicted octanol–water partition coefficient (Wildman–Crippen LogP) is 4.79. The third-order valence-corrected chi connectivity index (χ3v) is 4.70. The Kier molecular flexibility index (Phi) is 6.48. The topological polar surface area (TPSA) is 12.0 Å². The van der Waals surface area contributed by atoms with Crippen molar-refractivity contribution in [2.75, 3.05) is 13.1 Å². The molecule has 0 aromatic heterocycles. The summed E-state index contributed by atoms with van der Waals surface area (Å²) in [5.74, 6) is 0.375. The average Bonchev–Trinajstić information content (AvgIpc) is 2.33. The van der Waals surface area contributed by atoms with Gasteiger partial charge in [-0.05, 0) is 48.4 Å². The first-order valence-electron chi connectivity index (χ1n) is 7.03. The van der Waals surface area contributed by atoms with E-state index in [0.29, 0.717) is 5.92 Å². The maximum absolute atomic E-state index is 13.1. The molecule has 19 heavy (non-hydrogen) atoms. The molecule has 0 aliphatic rings. The third-order valence-electron chi connectivity index (χ3n) is 3.96. The van der Waals surface area contributed by atoms with Crippen LogP contribution in [0.2, 0.25) is 0 Å². The maximum Gasteiger partial charge on any atom is 0.124 e. The molecule has 108 valence electrons. The van der Waals surface area contributed by atoms with Crippen LogP contribution in [0.4, 0.5) is 4.39 Å². The maximum atomic E-state index is 13.1. The average molecular weight is 330 g/mol. The summed E-state index contributed by atoms with van der Waals surface area (Å²) < 4.78 is 14.0. The Morgan fingerprint density at radius 3 is 2.58 bits per heavy atom. The predicted molar refractivity (Wildman–Crippen MR) is 83.9 cm³/mol. The minimum absolute atomic E-state index is 0.176. The molecule has 0 saturated carbocycles. The van der Waals surface area contributed by atoms with E-state index >= 15 is 0 Å². The summed E-state index contributed by atoms with van der Waals surface area (Å²) in [5.41, 5.74) is 1.35. The fourth-order valence-electron chi connectivity index (χ4n) is 2.12. The van der Waals surface area contributed by atoms with E-state index < -0.39 is 0 Å². The number of hydrogen-bond donors (Lipinski definition) is 1. The van der Waals surface area contributed by atoms with Gasteiger partial charge in [0.25, 0.3) is 0 Å². The van der Waals surface area contributed by atoms with E-state index in [1.54, 1.807) is 12.1 Å². The second-order valence-corrected chi connectivity index (χ2v) is 6.75. The Balaban J connectivity index is 2.82. The van der Waals surface area contributed by atoms with E-state index in [4.69, 9.17) is 0 Å². The fourth-order valence-corrected chi connectivity index (χ4v) is 2.61. The first-order chi connectivity index (χ1) is 8.89. The minimum atomic E-state index is -0.189. The van der Waals surface area contributed by atoms with Crippen molar-refractivity contribution in [3.05, 3.63) is 34.1 Å². The Hall–Kier alpha value is -0.410. The third kappa shape index (κ3) is 4.88.